The first-order valence-corrected chi connectivity index (χ1v) is 17.0. The molecule has 2 aliphatic rings. The van der Waals surface area contributed by atoms with Gasteiger partial charge in [0, 0.05) is 47.0 Å². The molecule has 0 saturated carbocycles. The SMILES string of the molecule is COc1ccc(C(=O)Nc2cccc(CN3C(=O)[C@@]4(O[C@@H](CCO)[C@H]([Si](C)(C)F)[C@H]4C)c4cc([N+](=O)[O-])ccc43)c2)cc1. The van der Waals surface area contributed by atoms with Crippen molar-refractivity contribution in [2.45, 2.75) is 50.2 Å². The molecule has 3 aromatic carbocycles. The number of amides is 2. The van der Waals surface area contributed by atoms with Gasteiger partial charge in [0.15, 0.2) is 5.60 Å². The molecule has 2 heterocycles. The Balaban J connectivity index is 1.49. The quantitative estimate of drug-likeness (QED) is 0.141. The Kier molecular flexibility index (Phi) is 8.12. The molecule has 2 amide bonds. The van der Waals surface area contributed by atoms with Gasteiger partial charge in [0.1, 0.15) is 5.75 Å². The number of carbonyl (C=O) groups is 2. The van der Waals surface area contributed by atoms with E-state index in [0.717, 1.165) is 0 Å². The van der Waals surface area contributed by atoms with Gasteiger partial charge in [-0.3, -0.25) is 19.7 Å². The number of fused-ring (bicyclic) bond motifs is 2. The van der Waals surface area contributed by atoms with E-state index in [-0.39, 0.29) is 31.2 Å². The number of non-ortho nitro benzene ring substituents is 1. The number of ether oxygens (including phenoxy) is 2. The van der Waals surface area contributed by atoms with Gasteiger partial charge >= 0.3 is 0 Å². The Morgan fingerprint density at radius 3 is 2.53 bits per heavy atom. The van der Waals surface area contributed by atoms with Crippen molar-refractivity contribution in [3.8, 4) is 5.75 Å². The van der Waals surface area contributed by atoms with E-state index in [9.17, 15) is 24.8 Å². The molecule has 2 N–H and O–H groups in total. The van der Waals surface area contributed by atoms with Crippen molar-refractivity contribution in [1.82, 2.24) is 0 Å². The second kappa shape index (κ2) is 11.5. The summed E-state index contributed by atoms with van der Waals surface area (Å²) >= 11 is 0. The first-order valence-electron chi connectivity index (χ1n) is 14.0. The molecule has 43 heavy (non-hydrogen) atoms. The number of benzene rings is 3. The van der Waals surface area contributed by atoms with Crippen molar-refractivity contribution < 1.29 is 33.2 Å². The lowest BCUT2D eigenvalue weighted by Gasteiger charge is -2.31. The van der Waals surface area contributed by atoms with E-state index in [4.69, 9.17) is 9.47 Å². The molecule has 3 aromatic rings. The van der Waals surface area contributed by atoms with E-state index in [1.165, 1.54) is 23.1 Å². The maximum Gasteiger partial charge on any atom is 0.269 e. The van der Waals surface area contributed by atoms with Gasteiger partial charge in [-0.25, -0.2) is 0 Å². The average molecular weight is 608 g/mol. The van der Waals surface area contributed by atoms with Crippen LogP contribution in [0.2, 0.25) is 18.6 Å². The number of carbonyl (C=O) groups excluding carboxylic acids is 2. The molecule has 226 valence electrons. The third kappa shape index (κ3) is 5.41. The monoisotopic (exact) mass is 607 g/mol. The number of hydrogen-bond acceptors (Lipinski definition) is 7. The van der Waals surface area contributed by atoms with Crippen molar-refractivity contribution in [2.75, 3.05) is 23.9 Å². The molecule has 1 saturated heterocycles. The fourth-order valence-corrected chi connectivity index (χ4v) is 9.12. The molecular weight excluding hydrogens is 573 g/mol. The minimum Gasteiger partial charge on any atom is -0.497 e. The van der Waals surface area contributed by atoms with Gasteiger partial charge in [-0.1, -0.05) is 19.1 Å². The highest BCUT2D eigenvalue weighted by Gasteiger charge is 2.66. The molecule has 0 aliphatic carbocycles. The Morgan fingerprint density at radius 2 is 1.91 bits per heavy atom. The fourth-order valence-electron chi connectivity index (χ4n) is 6.58. The van der Waals surface area contributed by atoms with Gasteiger partial charge in [0.2, 0.25) is 8.41 Å². The first kappa shape index (κ1) is 30.3. The van der Waals surface area contributed by atoms with Crippen molar-refractivity contribution in [3.63, 3.8) is 0 Å². The smallest absolute Gasteiger partial charge is 0.269 e. The molecule has 0 bridgehead atoms. The molecule has 2 aliphatic heterocycles. The molecular formula is C31H34FN3O7Si. The van der Waals surface area contributed by atoms with E-state index < -0.39 is 42.4 Å². The van der Waals surface area contributed by atoms with Crippen LogP contribution in [-0.4, -0.2) is 50.1 Å². The number of nitro benzene ring substituents is 1. The van der Waals surface area contributed by atoms with Crippen LogP contribution in [0.5, 0.6) is 5.75 Å². The highest BCUT2D eigenvalue weighted by atomic mass is 28.4. The summed E-state index contributed by atoms with van der Waals surface area (Å²) in [4.78, 5) is 39.9. The van der Waals surface area contributed by atoms with Crippen LogP contribution in [0.25, 0.3) is 0 Å². The minimum atomic E-state index is -3.41. The molecule has 1 spiro atoms. The molecule has 1 fully saturated rings. The number of anilines is 2. The molecule has 0 aromatic heterocycles. The Labute approximate surface area is 249 Å². The standard InChI is InChI=1S/C31H34FN3O7Si/c1-19-28(43(3,4)32)27(14-15-36)42-31(19)25-17-23(35(39)40)10-13-26(25)34(30(31)38)18-20-6-5-7-22(16-20)33-29(37)21-8-11-24(41-2)12-9-21/h5-13,16-17,19,27-28,36H,14-15,18H2,1-4H3,(H,33,37)/t19-,27+,28-,31+/m1/s1. The summed E-state index contributed by atoms with van der Waals surface area (Å²) in [6.07, 6.45) is -0.580. The lowest BCUT2D eigenvalue weighted by molar-refractivity contribution is -0.385. The summed E-state index contributed by atoms with van der Waals surface area (Å²) in [5, 5.41) is 24.3. The number of halogens is 1. The maximum atomic E-state index is 15.7. The Hall–Kier alpha value is -4.13. The van der Waals surface area contributed by atoms with Gasteiger partial charge in [-0.15, -0.1) is 0 Å². The molecule has 5 rings (SSSR count). The van der Waals surface area contributed by atoms with Gasteiger partial charge in [0.05, 0.1) is 30.4 Å². The van der Waals surface area contributed by atoms with E-state index in [1.54, 1.807) is 75.7 Å². The predicted octanol–water partition coefficient (Wildman–Crippen LogP) is 5.56. The number of nitrogens with one attached hydrogen (secondary N) is 1. The molecule has 0 radical (unpaired) electrons. The van der Waals surface area contributed by atoms with Gasteiger partial charge in [-0.05, 0) is 67.5 Å². The van der Waals surface area contributed by atoms with Crippen LogP contribution >= 0.6 is 0 Å². The summed E-state index contributed by atoms with van der Waals surface area (Å²) in [6, 6.07) is 17.9. The van der Waals surface area contributed by atoms with Crippen molar-refractivity contribution in [2.24, 2.45) is 5.92 Å². The van der Waals surface area contributed by atoms with Crippen molar-refractivity contribution in [3.05, 3.63) is 93.5 Å². The van der Waals surface area contributed by atoms with Gasteiger partial charge in [0.25, 0.3) is 17.5 Å². The van der Waals surface area contributed by atoms with Gasteiger partial charge < -0.3 is 28.9 Å². The fraction of sp³-hybridized carbons (Fsp3) is 0.355. The van der Waals surface area contributed by atoms with E-state index in [2.05, 4.69) is 5.32 Å². The van der Waals surface area contributed by atoms with E-state index in [0.29, 0.717) is 33.8 Å². The lowest BCUT2D eigenvalue weighted by atomic mass is 9.82. The van der Waals surface area contributed by atoms with Crippen LogP contribution in [-0.2, 0) is 21.7 Å². The van der Waals surface area contributed by atoms with Crippen LogP contribution in [0.1, 0.15) is 34.8 Å². The zero-order valence-electron chi connectivity index (χ0n) is 24.4. The van der Waals surface area contributed by atoms with Gasteiger partial charge in [-0.2, -0.15) is 0 Å². The topological polar surface area (TPSA) is 131 Å². The second-order valence-electron chi connectivity index (χ2n) is 11.5. The second-order valence-corrected chi connectivity index (χ2v) is 15.3. The predicted molar refractivity (Wildman–Crippen MR) is 161 cm³/mol. The number of aliphatic hydroxyl groups excluding tert-OH is 1. The number of methoxy groups -OCH3 is 1. The molecule has 10 nitrogen and oxygen atoms in total. The Morgan fingerprint density at radius 1 is 1.19 bits per heavy atom. The first-order chi connectivity index (χ1) is 20.4. The summed E-state index contributed by atoms with van der Waals surface area (Å²) in [7, 11) is -1.86. The zero-order valence-corrected chi connectivity index (χ0v) is 25.4. The zero-order chi connectivity index (χ0) is 31.1. The van der Waals surface area contributed by atoms with E-state index in [1.807, 2.05) is 0 Å². The summed E-state index contributed by atoms with van der Waals surface area (Å²) in [6.45, 7) is 4.70. The summed E-state index contributed by atoms with van der Waals surface area (Å²) in [5.74, 6) is -0.763. The lowest BCUT2D eigenvalue weighted by Crippen LogP contribution is -2.45. The van der Waals surface area contributed by atoms with Crippen LogP contribution < -0.4 is 15.0 Å². The van der Waals surface area contributed by atoms with Crippen molar-refractivity contribution >= 4 is 37.3 Å². The number of nitro groups is 1. The summed E-state index contributed by atoms with van der Waals surface area (Å²) < 4.78 is 27.3. The highest BCUT2D eigenvalue weighted by Crippen LogP contribution is 2.60. The molecule has 12 heteroatoms. The molecule has 4 atom stereocenters. The number of aliphatic hydroxyl groups is 1. The molecule has 0 unspecified atom stereocenters. The third-order valence-electron chi connectivity index (χ3n) is 8.45. The largest absolute Gasteiger partial charge is 0.497 e. The van der Waals surface area contributed by atoms with Crippen LogP contribution in [0.4, 0.5) is 21.2 Å². The number of hydrogen-bond donors (Lipinski definition) is 2. The maximum absolute atomic E-state index is 15.7. The normalized spacial score (nSPS) is 23.0. The third-order valence-corrected chi connectivity index (χ3v) is 10.9. The summed E-state index contributed by atoms with van der Waals surface area (Å²) in [5.41, 5.74) is -0.0415. The average Bonchev–Trinajstić information content (AvgIpc) is 3.39. The van der Waals surface area contributed by atoms with Crippen LogP contribution in [0, 0.1) is 16.0 Å². The van der Waals surface area contributed by atoms with Crippen LogP contribution in [0.3, 0.4) is 0 Å². The number of rotatable bonds is 9. The minimum absolute atomic E-state index is 0.0828. The number of nitrogens with zero attached hydrogens (tertiary/aromatic N) is 2. The highest BCUT2D eigenvalue weighted by molar-refractivity contribution is 6.72. The van der Waals surface area contributed by atoms with Crippen molar-refractivity contribution in [1.29, 1.82) is 0 Å². The Bertz CT molecular complexity index is 1560. The van der Waals surface area contributed by atoms with E-state index >= 15 is 4.11 Å². The van der Waals surface area contributed by atoms with Crippen LogP contribution in [0.15, 0.2) is 66.7 Å².